The summed E-state index contributed by atoms with van der Waals surface area (Å²) < 4.78 is 11.3. The molecule has 3 aromatic carbocycles. The number of hydrogen-bond acceptors (Lipinski definition) is 5. The third kappa shape index (κ3) is 4.98. The van der Waals surface area contributed by atoms with E-state index in [1.165, 1.54) is 0 Å². The summed E-state index contributed by atoms with van der Waals surface area (Å²) in [4.78, 5) is 24.2. The number of benzene rings is 3. The van der Waals surface area contributed by atoms with Crippen molar-refractivity contribution in [1.29, 1.82) is 0 Å². The second-order valence-electron chi connectivity index (χ2n) is 9.41. The summed E-state index contributed by atoms with van der Waals surface area (Å²) in [6.45, 7) is 3.82. The van der Waals surface area contributed by atoms with Crippen molar-refractivity contribution in [2.45, 2.75) is 44.8 Å². The topological polar surface area (TPSA) is 102 Å². The van der Waals surface area contributed by atoms with E-state index in [9.17, 15) is 14.7 Å². The number of rotatable bonds is 9. The van der Waals surface area contributed by atoms with Crippen LogP contribution in [0.25, 0.3) is 22.5 Å². The smallest absolute Gasteiger partial charge is 0.314 e. The van der Waals surface area contributed by atoms with Crippen molar-refractivity contribution < 1.29 is 24.0 Å². The maximum atomic E-state index is 12.6. The summed E-state index contributed by atoms with van der Waals surface area (Å²) in [6.07, 6.45) is 0.727. The number of aromatic nitrogens is 1. The summed E-state index contributed by atoms with van der Waals surface area (Å²) in [5.74, 6) is 0.256. The number of para-hydroxylation sites is 1. The molecule has 2 N–H and O–H groups in total. The molecule has 1 unspecified atom stereocenters. The number of aryl methyl sites for hydroxylation is 1. The van der Waals surface area contributed by atoms with E-state index in [4.69, 9.17) is 9.26 Å². The fraction of sp³-hybridized carbons (Fsp3) is 0.233. The van der Waals surface area contributed by atoms with Gasteiger partial charge in [0.05, 0.1) is 11.1 Å². The Hall–Kier alpha value is -4.39. The molecule has 1 aromatic heterocycles. The number of aliphatic carboxylic acids is 1. The molecule has 4 aromatic rings. The molecular formula is C30H28N2O5. The van der Waals surface area contributed by atoms with Crippen LogP contribution >= 0.6 is 0 Å². The molecule has 37 heavy (non-hydrogen) atoms. The number of nitrogens with one attached hydrogen (secondary N) is 1. The van der Waals surface area contributed by atoms with Crippen LogP contribution in [0, 0.1) is 6.92 Å². The molecule has 1 amide bonds. The van der Waals surface area contributed by atoms with Gasteiger partial charge in [-0.2, -0.15) is 0 Å². The van der Waals surface area contributed by atoms with Gasteiger partial charge in [-0.05, 0) is 55.5 Å². The van der Waals surface area contributed by atoms with Gasteiger partial charge in [0.25, 0.3) is 5.91 Å². The van der Waals surface area contributed by atoms with Crippen LogP contribution in [-0.4, -0.2) is 28.2 Å². The fourth-order valence-corrected chi connectivity index (χ4v) is 4.45. The molecule has 1 saturated carbocycles. The van der Waals surface area contributed by atoms with Gasteiger partial charge in [-0.1, -0.05) is 71.9 Å². The Balaban J connectivity index is 1.26. The van der Waals surface area contributed by atoms with Crippen LogP contribution in [0.15, 0.2) is 83.4 Å². The van der Waals surface area contributed by atoms with E-state index < -0.39 is 17.5 Å². The summed E-state index contributed by atoms with van der Waals surface area (Å²) >= 11 is 0. The van der Waals surface area contributed by atoms with E-state index in [0.717, 1.165) is 27.8 Å². The average molecular weight is 497 g/mol. The number of amides is 1. The van der Waals surface area contributed by atoms with Gasteiger partial charge in [-0.3, -0.25) is 9.59 Å². The highest BCUT2D eigenvalue weighted by molar-refractivity contribution is 5.85. The first-order valence-electron chi connectivity index (χ1n) is 12.3. The molecule has 0 saturated heterocycles. The van der Waals surface area contributed by atoms with Crippen LogP contribution in [0.2, 0.25) is 0 Å². The Bertz CT molecular complexity index is 1400. The summed E-state index contributed by atoms with van der Waals surface area (Å²) in [6, 6.07) is 24.9. The Morgan fingerprint density at radius 2 is 1.57 bits per heavy atom. The molecule has 0 radical (unpaired) electrons. The number of ether oxygens (including phenoxy) is 1. The van der Waals surface area contributed by atoms with Crippen LogP contribution in [0.1, 0.15) is 36.6 Å². The molecule has 0 spiro atoms. The lowest BCUT2D eigenvalue weighted by molar-refractivity contribution is -0.140. The summed E-state index contributed by atoms with van der Waals surface area (Å²) in [7, 11) is 0. The van der Waals surface area contributed by atoms with Crippen molar-refractivity contribution in [2.24, 2.45) is 0 Å². The Kier molecular flexibility index (Phi) is 6.53. The van der Waals surface area contributed by atoms with E-state index in [1.54, 1.807) is 6.92 Å². The number of carbonyl (C=O) groups excluding carboxylic acids is 1. The van der Waals surface area contributed by atoms with Crippen LogP contribution in [0.5, 0.6) is 5.75 Å². The first-order valence-corrected chi connectivity index (χ1v) is 12.3. The number of carboxylic acids is 1. The molecular weight excluding hydrogens is 468 g/mol. The Morgan fingerprint density at radius 1 is 0.973 bits per heavy atom. The molecule has 1 aliphatic carbocycles. The van der Waals surface area contributed by atoms with E-state index in [1.807, 2.05) is 85.8 Å². The summed E-state index contributed by atoms with van der Waals surface area (Å²) in [5.41, 5.74) is 4.52. The maximum Gasteiger partial charge on any atom is 0.314 e. The molecule has 0 aliphatic heterocycles. The fourth-order valence-electron chi connectivity index (χ4n) is 4.45. The van der Waals surface area contributed by atoms with Gasteiger partial charge >= 0.3 is 5.97 Å². The normalized spacial score (nSPS) is 14.5. The van der Waals surface area contributed by atoms with Crippen molar-refractivity contribution >= 4 is 11.9 Å². The van der Waals surface area contributed by atoms with Crippen molar-refractivity contribution in [2.75, 3.05) is 0 Å². The lowest BCUT2D eigenvalue weighted by Gasteiger charge is -2.14. The predicted molar refractivity (Wildman–Crippen MR) is 139 cm³/mol. The monoisotopic (exact) mass is 496 g/mol. The maximum absolute atomic E-state index is 12.6. The van der Waals surface area contributed by atoms with Gasteiger partial charge in [0, 0.05) is 17.7 Å². The molecule has 7 heteroatoms. The zero-order valence-electron chi connectivity index (χ0n) is 20.7. The molecule has 1 atom stereocenters. The minimum Gasteiger partial charge on any atom is -0.481 e. The van der Waals surface area contributed by atoms with Gasteiger partial charge in [0.15, 0.2) is 11.9 Å². The number of nitrogens with zero attached hydrogens (tertiary/aromatic N) is 1. The highest BCUT2D eigenvalue weighted by Crippen LogP contribution is 2.48. The van der Waals surface area contributed by atoms with Crippen LogP contribution in [0.3, 0.4) is 0 Å². The first-order chi connectivity index (χ1) is 17.9. The molecule has 1 fully saturated rings. The van der Waals surface area contributed by atoms with E-state index in [2.05, 4.69) is 10.5 Å². The molecule has 1 heterocycles. The molecule has 7 nitrogen and oxygen atoms in total. The zero-order chi connectivity index (χ0) is 26.0. The second-order valence-corrected chi connectivity index (χ2v) is 9.41. The van der Waals surface area contributed by atoms with E-state index >= 15 is 0 Å². The second kappa shape index (κ2) is 9.93. The predicted octanol–water partition coefficient (Wildman–Crippen LogP) is 5.52. The quantitative estimate of drug-likeness (QED) is 0.317. The van der Waals surface area contributed by atoms with Crippen LogP contribution in [0.4, 0.5) is 0 Å². The van der Waals surface area contributed by atoms with Crippen molar-refractivity contribution in [3.63, 3.8) is 0 Å². The lowest BCUT2D eigenvalue weighted by Crippen LogP contribution is -2.36. The van der Waals surface area contributed by atoms with Crippen molar-refractivity contribution in [1.82, 2.24) is 10.5 Å². The lowest BCUT2D eigenvalue weighted by atomic mass is 9.93. The van der Waals surface area contributed by atoms with Gasteiger partial charge in [0.1, 0.15) is 5.75 Å². The Labute approximate surface area is 215 Å². The number of carboxylic acid groups (broad SMARTS) is 1. The largest absolute Gasteiger partial charge is 0.481 e. The van der Waals surface area contributed by atoms with E-state index in [0.29, 0.717) is 30.0 Å². The Morgan fingerprint density at radius 3 is 2.16 bits per heavy atom. The van der Waals surface area contributed by atoms with Gasteiger partial charge in [0.2, 0.25) is 0 Å². The third-order valence-electron chi connectivity index (χ3n) is 6.93. The first kappa shape index (κ1) is 24.3. The molecule has 1 aliphatic rings. The summed E-state index contributed by atoms with van der Waals surface area (Å²) in [5, 5.41) is 16.5. The number of carbonyl (C=O) groups is 2. The third-order valence-corrected chi connectivity index (χ3v) is 6.93. The SMILES string of the molecule is Cc1noc(-c2ccc(-c3ccc(C4(C(=O)O)CC4)cc3)cc2)c1CNC(=O)C(C)Oc1ccccc1. The van der Waals surface area contributed by atoms with Gasteiger partial charge < -0.3 is 19.7 Å². The standard InChI is InChI=1S/C30H28N2O5/c1-19-26(18-31-28(33)20(2)36-25-6-4-3-5-7-25)27(37-32-19)23-10-8-21(9-11-23)22-12-14-24(15-13-22)30(16-17-30)29(34)35/h3-15,20H,16-18H2,1-2H3,(H,31,33)(H,34,35). The minimum atomic E-state index is -0.753. The van der Waals surface area contributed by atoms with Crippen LogP contribution < -0.4 is 10.1 Å². The highest BCUT2D eigenvalue weighted by Gasteiger charge is 2.51. The van der Waals surface area contributed by atoms with E-state index in [-0.39, 0.29) is 12.5 Å². The van der Waals surface area contributed by atoms with Crippen molar-refractivity contribution in [3.05, 3.63) is 95.7 Å². The zero-order valence-corrected chi connectivity index (χ0v) is 20.7. The average Bonchev–Trinajstić information content (AvgIpc) is 3.66. The molecule has 0 bridgehead atoms. The van der Waals surface area contributed by atoms with Gasteiger partial charge in [-0.25, -0.2) is 0 Å². The van der Waals surface area contributed by atoms with Crippen LogP contribution in [-0.2, 0) is 21.5 Å². The number of hydrogen-bond donors (Lipinski definition) is 2. The minimum absolute atomic E-state index is 0.231. The van der Waals surface area contributed by atoms with Gasteiger partial charge in [-0.15, -0.1) is 0 Å². The molecule has 5 rings (SSSR count). The molecule has 188 valence electrons. The van der Waals surface area contributed by atoms with Crippen molar-refractivity contribution in [3.8, 4) is 28.2 Å². The highest BCUT2D eigenvalue weighted by atomic mass is 16.5.